The number of nitrogens with one attached hydrogen (secondary N) is 1. The van der Waals surface area contributed by atoms with Gasteiger partial charge in [0.1, 0.15) is 0 Å². The summed E-state index contributed by atoms with van der Waals surface area (Å²) in [5, 5.41) is 21.8. The molecule has 0 bridgehead atoms. The summed E-state index contributed by atoms with van der Waals surface area (Å²) in [6.07, 6.45) is 20.9. The van der Waals surface area contributed by atoms with Gasteiger partial charge in [0.2, 0.25) is 5.91 Å². The number of amides is 1. The maximum absolute atomic E-state index is 11.3. The molecule has 2 atom stereocenters. The van der Waals surface area contributed by atoms with Gasteiger partial charge in [0.05, 0.1) is 18.8 Å². The average Bonchev–Trinajstić information content (AvgIpc) is 2.63. The highest BCUT2D eigenvalue weighted by Gasteiger charge is 2.16. The Morgan fingerprint density at radius 3 is 2.00 bits per heavy atom. The lowest BCUT2D eigenvalue weighted by molar-refractivity contribution is -0.122. The minimum absolute atomic E-state index is 0.172. The van der Waals surface area contributed by atoms with Gasteiger partial charge in [0.15, 0.2) is 0 Å². The fourth-order valence-corrected chi connectivity index (χ4v) is 2.29. The van der Waals surface area contributed by atoms with Crippen LogP contribution >= 0.6 is 0 Å². The van der Waals surface area contributed by atoms with Crippen molar-refractivity contribution in [2.45, 2.75) is 83.8 Å². The van der Waals surface area contributed by atoms with E-state index in [2.05, 4.69) is 36.5 Å². The van der Waals surface area contributed by atoms with Crippen molar-refractivity contribution in [2.75, 3.05) is 6.61 Å². The predicted octanol–water partition coefficient (Wildman–Crippen LogP) is 4.04. The van der Waals surface area contributed by atoms with Gasteiger partial charge in [-0.15, -0.1) is 0 Å². The lowest BCUT2D eigenvalue weighted by Crippen LogP contribution is -2.44. The quantitative estimate of drug-likeness (QED) is 0.308. The zero-order chi connectivity index (χ0) is 18.8. The summed E-state index contributed by atoms with van der Waals surface area (Å²) in [7, 11) is 0. The Morgan fingerprint density at radius 1 is 0.920 bits per heavy atom. The molecule has 0 aliphatic rings. The van der Waals surface area contributed by atoms with E-state index >= 15 is 0 Å². The number of unbranched alkanes of at least 4 members (excludes halogenated alkanes) is 5. The molecule has 0 heterocycles. The van der Waals surface area contributed by atoms with Gasteiger partial charge in [0, 0.05) is 6.42 Å². The number of hydrogen-bond acceptors (Lipinski definition) is 3. The minimum atomic E-state index is -0.859. The Morgan fingerprint density at radius 2 is 1.48 bits per heavy atom. The first-order valence-corrected chi connectivity index (χ1v) is 9.70. The molecule has 1 amide bonds. The fraction of sp³-hybridized carbons (Fsp3) is 0.667. The molecule has 144 valence electrons. The molecule has 0 aromatic heterocycles. The highest BCUT2D eigenvalue weighted by molar-refractivity contribution is 5.75. The molecule has 0 saturated heterocycles. The zero-order valence-electron chi connectivity index (χ0n) is 16.0. The Hall–Kier alpha value is -1.39. The van der Waals surface area contributed by atoms with Gasteiger partial charge < -0.3 is 15.5 Å². The second-order valence-corrected chi connectivity index (χ2v) is 6.22. The summed E-state index contributed by atoms with van der Waals surface area (Å²) in [6, 6.07) is -0.636. The van der Waals surface area contributed by atoms with Crippen molar-refractivity contribution >= 4 is 5.91 Å². The van der Waals surface area contributed by atoms with Crippen LogP contribution in [-0.4, -0.2) is 34.9 Å². The summed E-state index contributed by atoms with van der Waals surface area (Å²) in [4.78, 5) is 11.3. The molecule has 2 unspecified atom stereocenters. The molecule has 4 heteroatoms. The van der Waals surface area contributed by atoms with Crippen LogP contribution in [0.3, 0.4) is 0 Å². The molecule has 0 radical (unpaired) electrons. The Kier molecular flexibility index (Phi) is 16.5. The van der Waals surface area contributed by atoms with Gasteiger partial charge >= 0.3 is 0 Å². The van der Waals surface area contributed by atoms with Crippen LogP contribution < -0.4 is 5.32 Å². The second-order valence-electron chi connectivity index (χ2n) is 6.22. The number of aliphatic hydroxyl groups is 2. The first kappa shape index (κ1) is 23.6. The maximum atomic E-state index is 11.3. The van der Waals surface area contributed by atoms with Gasteiger partial charge in [0.25, 0.3) is 0 Å². The first-order valence-electron chi connectivity index (χ1n) is 9.70. The number of carbonyl (C=O) groups is 1. The number of carbonyl (C=O) groups excluding carboxylic acids is 1. The lowest BCUT2D eigenvalue weighted by atomic mass is 10.1. The Bertz CT molecular complexity index is 402. The maximum Gasteiger partial charge on any atom is 0.220 e. The second kappa shape index (κ2) is 17.4. The molecule has 0 fully saturated rings. The minimum Gasteiger partial charge on any atom is -0.394 e. The van der Waals surface area contributed by atoms with E-state index in [0.29, 0.717) is 6.42 Å². The number of hydrogen-bond donors (Lipinski definition) is 3. The van der Waals surface area contributed by atoms with Crippen molar-refractivity contribution in [3.8, 4) is 0 Å². The third-order valence-electron chi connectivity index (χ3n) is 3.92. The number of rotatable bonds is 15. The van der Waals surface area contributed by atoms with E-state index in [-0.39, 0.29) is 12.5 Å². The van der Waals surface area contributed by atoms with Crippen molar-refractivity contribution in [1.82, 2.24) is 5.32 Å². The van der Waals surface area contributed by atoms with Crippen LogP contribution in [0.25, 0.3) is 0 Å². The molecule has 0 aromatic carbocycles. The van der Waals surface area contributed by atoms with Crippen molar-refractivity contribution in [3.63, 3.8) is 0 Å². The molecular formula is C21H37NO3. The van der Waals surface area contributed by atoms with Crippen LogP contribution in [0.5, 0.6) is 0 Å². The first-order chi connectivity index (χ1) is 12.2. The van der Waals surface area contributed by atoms with Crippen LogP contribution in [0.2, 0.25) is 0 Å². The molecular weight excluding hydrogens is 314 g/mol. The summed E-state index contributed by atoms with van der Waals surface area (Å²) < 4.78 is 0. The third kappa shape index (κ3) is 14.6. The smallest absolute Gasteiger partial charge is 0.220 e. The van der Waals surface area contributed by atoms with E-state index in [0.717, 1.165) is 25.7 Å². The van der Waals surface area contributed by atoms with E-state index < -0.39 is 12.1 Å². The van der Waals surface area contributed by atoms with Crippen molar-refractivity contribution in [1.29, 1.82) is 0 Å². The Balaban J connectivity index is 3.77. The van der Waals surface area contributed by atoms with Gasteiger partial charge in [-0.25, -0.2) is 0 Å². The topological polar surface area (TPSA) is 69.6 Å². The Labute approximate surface area is 153 Å². The molecule has 4 nitrogen and oxygen atoms in total. The fourth-order valence-electron chi connectivity index (χ4n) is 2.29. The van der Waals surface area contributed by atoms with Gasteiger partial charge in [-0.1, -0.05) is 63.1 Å². The molecule has 3 N–H and O–H groups in total. The van der Waals surface area contributed by atoms with Gasteiger partial charge in [-0.05, 0) is 38.5 Å². The van der Waals surface area contributed by atoms with Crippen LogP contribution in [0, 0.1) is 0 Å². The molecule has 25 heavy (non-hydrogen) atoms. The van der Waals surface area contributed by atoms with Crippen molar-refractivity contribution in [3.05, 3.63) is 36.5 Å². The van der Waals surface area contributed by atoms with Crippen molar-refractivity contribution in [2.24, 2.45) is 0 Å². The third-order valence-corrected chi connectivity index (χ3v) is 3.92. The zero-order valence-corrected chi connectivity index (χ0v) is 16.0. The van der Waals surface area contributed by atoms with E-state index in [1.807, 2.05) is 6.08 Å². The monoisotopic (exact) mass is 351 g/mol. The lowest BCUT2D eigenvalue weighted by Gasteiger charge is -2.19. The van der Waals surface area contributed by atoms with Gasteiger partial charge in [-0.2, -0.15) is 0 Å². The molecule has 0 aliphatic carbocycles. The largest absolute Gasteiger partial charge is 0.394 e. The standard InChI is InChI=1S/C21H37NO3/c1-3-5-6-7-8-9-10-11-12-13-14-15-16-17-20(24)19(18-23)22-21(25)4-2/h8-9,12-13,16-17,19-20,23-24H,3-7,10-11,14-15,18H2,1-2H3,(H,22,25)/b9-8+,13-12+,17-16+. The van der Waals surface area contributed by atoms with Crippen molar-refractivity contribution < 1.29 is 15.0 Å². The molecule has 0 aliphatic heterocycles. The van der Waals surface area contributed by atoms with E-state index in [1.54, 1.807) is 13.0 Å². The molecule has 0 rings (SSSR count). The van der Waals surface area contributed by atoms with Crippen LogP contribution in [0.15, 0.2) is 36.5 Å². The van der Waals surface area contributed by atoms with Crippen LogP contribution in [-0.2, 0) is 4.79 Å². The average molecular weight is 352 g/mol. The SMILES string of the molecule is CCCCC/C=C/CC/C=C/CC/C=C/C(O)C(CO)NC(=O)CC. The highest BCUT2D eigenvalue weighted by atomic mass is 16.3. The summed E-state index contributed by atoms with van der Waals surface area (Å²) in [6.45, 7) is 3.68. The number of aliphatic hydroxyl groups excluding tert-OH is 2. The van der Waals surface area contributed by atoms with E-state index in [9.17, 15) is 15.0 Å². The van der Waals surface area contributed by atoms with E-state index in [4.69, 9.17) is 0 Å². The highest BCUT2D eigenvalue weighted by Crippen LogP contribution is 2.03. The number of allylic oxidation sites excluding steroid dienone is 5. The predicted molar refractivity (Wildman–Crippen MR) is 105 cm³/mol. The molecule has 0 saturated carbocycles. The summed E-state index contributed by atoms with van der Waals surface area (Å²) >= 11 is 0. The summed E-state index contributed by atoms with van der Waals surface area (Å²) in [5.74, 6) is -0.172. The molecule has 0 spiro atoms. The van der Waals surface area contributed by atoms with Crippen LogP contribution in [0.4, 0.5) is 0 Å². The van der Waals surface area contributed by atoms with Gasteiger partial charge in [-0.3, -0.25) is 4.79 Å². The molecule has 0 aromatic rings. The normalized spacial score (nSPS) is 14.6. The van der Waals surface area contributed by atoms with Crippen LogP contribution in [0.1, 0.15) is 71.6 Å². The van der Waals surface area contributed by atoms with E-state index in [1.165, 1.54) is 25.7 Å². The summed E-state index contributed by atoms with van der Waals surface area (Å²) in [5.41, 5.74) is 0.